The highest BCUT2D eigenvalue weighted by molar-refractivity contribution is 5.90. The number of aliphatic hydroxyl groups is 1. The highest BCUT2D eigenvalue weighted by Crippen LogP contribution is 2.25. The summed E-state index contributed by atoms with van der Waals surface area (Å²) in [6.45, 7) is 4.23. The number of hydrogen-bond donors (Lipinski definition) is 2. The number of nitrogens with one attached hydrogen (secondary N) is 1. The van der Waals surface area contributed by atoms with Gasteiger partial charge in [-0.05, 0) is 43.9 Å². The first-order chi connectivity index (χ1) is 9.72. The molecular weight excluding hydrogens is 256 g/mol. The van der Waals surface area contributed by atoms with Gasteiger partial charge in [-0.1, -0.05) is 6.07 Å². The van der Waals surface area contributed by atoms with Crippen molar-refractivity contribution in [1.29, 1.82) is 0 Å². The van der Waals surface area contributed by atoms with Crippen LogP contribution in [0.15, 0.2) is 18.2 Å². The van der Waals surface area contributed by atoms with E-state index in [4.69, 9.17) is 9.84 Å². The molecule has 0 spiro atoms. The molecule has 20 heavy (non-hydrogen) atoms. The average Bonchev–Trinajstić information content (AvgIpc) is 2.87. The lowest BCUT2D eigenvalue weighted by Gasteiger charge is -2.16. The van der Waals surface area contributed by atoms with Gasteiger partial charge < -0.3 is 15.2 Å². The van der Waals surface area contributed by atoms with E-state index in [2.05, 4.69) is 5.32 Å². The van der Waals surface area contributed by atoms with Gasteiger partial charge in [0.05, 0.1) is 6.54 Å². The van der Waals surface area contributed by atoms with Crippen molar-refractivity contribution in [2.24, 2.45) is 0 Å². The topological polar surface area (TPSA) is 61.8 Å². The molecule has 0 aromatic heterocycles. The Morgan fingerprint density at radius 2 is 2.20 bits per heavy atom. The van der Waals surface area contributed by atoms with E-state index in [1.54, 1.807) is 4.90 Å². The highest BCUT2D eigenvalue weighted by Gasteiger charge is 2.23. The number of rotatable bonds is 7. The smallest absolute Gasteiger partial charge is 0.414 e. The molecule has 0 bridgehead atoms. The quantitative estimate of drug-likeness (QED) is 0.752. The van der Waals surface area contributed by atoms with Gasteiger partial charge in [-0.2, -0.15) is 0 Å². The Kier molecular flexibility index (Phi) is 5.24. The minimum absolute atomic E-state index is 0.256. The van der Waals surface area contributed by atoms with Crippen molar-refractivity contribution in [3.63, 3.8) is 0 Å². The summed E-state index contributed by atoms with van der Waals surface area (Å²) >= 11 is 0. The van der Waals surface area contributed by atoms with Gasteiger partial charge in [0.2, 0.25) is 0 Å². The molecule has 1 saturated heterocycles. The zero-order valence-corrected chi connectivity index (χ0v) is 11.9. The lowest BCUT2D eigenvalue weighted by Crippen LogP contribution is -2.23. The molecule has 110 valence electrons. The van der Waals surface area contributed by atoms with Gasteiger partial charge >= 0.3 is 6.09 Å². The van der Waals surface area contributed by atoms with E-state index < -0.39 is 0 Å². The second-order valence-corrected chi connectivity index (χ2v) is 4.98. The molecule has 1 aliphatic heterocycles. The maximum Gasteiger partial charge on any atom is 0.414 e. The van der Waals surface area contributed by atoms with Crippen LogP contribution in [0.2, 0.25) is 0 Å². The fourth-order valence-corrected chi connectivity index (χ4v) is 2.23. The van der Waals surface area contributed by atoms with Gasteiger partial charge in [0.25, 0.3) is 0 Å². The predicted molar refractivity (Wildman–Crippen MR) is 79.3 cm³/mol. The summed E-state index contributed by atoms with van der Waals surface area (Å²) < 4.78 is 4.96. The highest BCUT2D eigenvalue weighted by atomic mass is 16.6. The third kappa shape index (κ3) is 3.63. The van der Waals surface area contributed by atoms with Crippen LogP contribution < -0.4 is 10.2 Å². The number of carbonyl (C=O) groups excluding carboxylic acids is 1. The van der Waals surface area contributed by atoms with Crippen molar-refractivity contribution in [1.82, 2.24) is 0 Å². The largest absolute Gasteiger partial charge is 0.447 e. The number of anilines is 2. The van der Waals surface area contributed by atoms with Crippen LogP contribution in [-0.2, 0) is 4.74 Å². The van der Waals surface area contributed by atoms with Crippen LogP contribution in [0.25, 0.3) is 0 Å². The number of hydrogen-bond acceptors (Lipinski definition) is 4. The lowest BCUT2D eigenvalue weighted by molar-refractivity contribution is 0.181. The molecule has 0 atom stereocenters. The van der Waals surface area contributed by atoms with E-state index in [0.717, 1.165) is 42.7 Å². The normalized spacial score (nSPS) is 14.5. The molecule has 1 aromatic rings. The summed E-state index contributed by atoms with van der Waals surface area (Å²) in [5.41, 5.74) is 3.07. The zero-order chi connectivity index (χ0) is 14.4. The van der Waals surface area contributed by atoms with Crippen molar-refractivity contribution < 1.29 is 14.6 Å². The molecule has 0 saturated carbocycles. The summed E-state index contributed by atoms with van der Waals surface area (Å²) in [4.78, 5) is 13.2. The van der Waals surface area contributed by atoms with Crippen LogP contribution >= 0.6 is 0 Å². The van der Waals surface area contributed by atoms with Gasteiger partial charge in [-0.15, -0.1) is 0 Å². The molecule has 0 radical (unpaired) electrons. The number of aliphatic hydroxyl groups excluding tert-OH is 1. The first-order valence-corrected chi connectivity index (χ1v) is 7.12. The van der Waals surface area contributed by atoms with Crippen molar-refractivity contribution >= 4 is 17.5 Å². The number of aryl methyl sites for hydroxylation is 1. The molecule has 5 heteroatoms. The van der Waals surface area contributed by atoms with E-state index >= 15 is 0 Å². The number of benzene rings is 1. The van der Waals surface area contributed by atoms with E-state index in [-0.39, 0.29) is 12.7 Å². The fraction of sp³-hybridized carbons (Fsp3) is 0.533. The third-order valence-electron chi connectivity index (χ3n) is 3.44. The van der Waals surface area contributed by atoms with E-state index in [0.29, 0.717) is 13.2 Å². The minimum Gasteiger partial charge on any atom is -0.447 e. The SMILES string of the molecule is Cc1ccc(N2CCOC2=O)cc1NCCCCCO. The first-order valence-electron chi connectivity index (χ1n) is 7.12. The zero-order valence-electron chi connectivity index (χ0n) is 11.9. The summed E-state index contributed by atoms with van der Waals surface area (Å²) in [5.74, 6) is 0. The number of cyclic esters (lactones) is 1. The summed E-state index contributed by atoms with van der Waals surface area (Å²) in [6, 6.07) is 5.95. The fourth-order valence-electron chi connectivity index (χ4n) is 2.23. The van der Waals surface area contributed by atoms with Crippen LogP contribution in [-0.4, -0.2) is 37.5 Å². The van der Waals surface area contributed by atoms with Crippen molar-refractivity contribution in [2.45, 2.75) is 26.2 Å². The number of amides is 1. The molecular formula is C15H22N2O3. The van der Waals surface area contributed by atoms with Crippen LogP contribution in [0.1, 0.15) is 24.8 Å². The number of nitrogens with zero attached hydrogens (tertiary/aromatic N) is 1. The molecule has 0 unspecified atom stereocenters. The minimum atomic E-state index is -0.275. The summed E-state index contributed by atoms with van der Waals surface area (Å²) in [7, 11) is 0. The molecule has 2 rings (SSSR count). The molecule has 5 nitrogen and oxygen atoms in total. The second kappa shape index (κ2) is 7.14. The maximum absolute atomic E-state index is 11.6. The summed E-state index contributed by atoms with van der Waals surface area (Å²) in [6.07, 6.45) is 2.61. The molecule has 1 aromatic carbocycles. The standard InChI is InChI=1S/C15H22N2O3/c1-12-5-6-13(17-8-10-20-15(17)19)11-14(12)16-7-3-2-4-9-18/h5-6,11,16,18H,2-4,7-10H2,1H3. The Bertz CT molecular complexity index is 462. The van der Waals surface area contributed by atoms with Crippen LogP contribution in [0.5, 0.6) is 0 Å². The Hall–Kier alpha value is -1.75. The molecule has 1 heterocycles. The van der Waals surface area contributed by atoms with E-state index in [9.17, 15) is 4.79 Å². The molecule has 1 fully saturated rings. The van der Waals surface area contributed by atoms with Crippen molar-refractivity contribution in [3.05, 3.63) is 23.8 Å². The number of carbonyl (C=O) groups is 1. The van der Waals surface area contributed by atoms with Crippen molar-refractivity contribution in [2.75, 3.05) is 36.5 Å². The van der Waals surface area contributed by atoms with Gasteiger partial charge in [0, 0.05) is 24.5 Å². The predicted octanol–water partition coefficient (Wildman–Crippen LogP) is 2.53. The van der Waals surface area contributed by atoms with Gasteiger partial charge in [0.15, 0.2) is 0 Å². The monoisotopic (exact) mass is 278 g/mol. The van der Waals surface area contributed by atoms with E-state index in [1.165, 1.54) is 0 Å². The molecule has 2 N–H and O–H groups in total. The van der Waals surface area contributed by atoms with Crippen LogP contribution in [0.4, 0.5) is 16.2 Å². The van der Waals surface area contributed by atoms with Crippen molar-refractivity contribution in [3.8, 4) is 0 Å². The Morgan fingerprint density at radius 3 is 2.90 bits per heavy atom. The summed E-state index contributed by atoms with van der Waals surface area (Å²) in [5, 5.41) is 12.1. The maximum atomic E-state index is 11.6. The van der Waals surface area contributed by atoms with Crippen LogP contribution in [0.3, 0.4) is 0 Å². The molecule has 0 aliphatic carbocycles. The first kappa shape index (κ1) is 14.7. The Labute approximate surface area is 119 Å². The van der Waals surface area contributed by atoms with Gasteiger partial charge in [0.1, 0.15) is 6.61 Å². The third-order valence-corrected chi connectivity index (χ3v) is 3.44. The number of unbranched alkanes of at least 4 members (excludes halogenated alkanes) is 2. The Morgan fingerprint density at radius 1 is 1.35 bits per heavy atom. The van der Waals surface area contributed by atoms with Gasteiger partial charge in [-0.3, -0.25) is 4.90 Å². The van der Waals surface area contributed by atoms with E-state index in [1.807, 2.05) is 25.1 Å². The number of ether oxygens (including phenoxy) is 1. The average molecular weight is 278 g/mol. The lowest BCUT2D eigenvalue weighted by atomic mass is 10.1. The van der Waals surface area contributed by atoms with Gasteiger partial charge in [-0.25, -0.2) is 4.79 Å². The Balaban J connectivity index is 1.96. The molecule has 1 amide bonds. The van der Waals surface area contributed by atoms with Crippen LogP contribution in [0, 0.1) is 6.92 Å². The second-order valence-electron chi connectivity index (χ2n) is 4.98. The molecule has 1 aliphatic rings.